The van der Waals surface area contributed by atoms with E-state index in [-0.39, 0.29) is 5.92 Å². The van der Waals surface area contributed by atoms with Crippen molar-refractivity contribution in [1.29, 1.82) is 0 Å². The van der Waals surface area contributed by atoms with Gasteiger partial charge >= 0.3 is 0 Å². The Morgan fingerprint density at radius 2 is 1.95 bits per heavy atom. The van der Waals surface area contributed by atoms with Gasteiger partial charge in [0, 0.05) is 18.0 Å². The van der Waals surface area contributed by atoms with E-state index in [9.17, 15) is 5.11 Å². The van der Waals surface area contributed by atoms with E-state index in [1.165, 1.54) is 0 Å². The quantitative estimate of drug-likeness (QED) is 0.663. The van der Waals surface area contributed by atoms with Crippen molar-refractivity contribution in [3.05, 3.63) is 53.7 Å². The van der Waals surface area contributed by atoms with Gasteiger partial charge in [0.2, 0.25) is 0 Å². The maximum atomic E-state index is 11.2. The first-order valence-electron chi connectivity index (χ1n) is 7.58. The van der Waals surface area contributed by atoms with Crippen molar-refractivity contribution in [1.82, 2.24) is 0 Å². The lowest BCUT2D eigenvalue weighted by Crippen LogP contribution is -2.55. The highest BCUT2D eigenvalue weighted by atomic mass is 35.5. The van der Waals surface area contributed by atoms with E-state index in [0.29, 0.717) is 12.1 Å². The standard InChI is InChI=1S/C19H20ClNO/c1-2-12-19(22,16-9-10-16)18(20)13-15(8-11-17(18)21)14-6-4-3-5-7-14/h3-8,11,16,22H,9-10,13,21H2,1H3. The van der Waals surface area contributed by atoms with Crippen LogP contribution in [0.25, 0.3) is 5.57 Å². The van der Waals surface area contributed by atoms with Crippen LogP contribution in [0.3, 0.4) is 0 Å². The second-order valence-electron chi connectivity index (χ2n) is 6.07. The molecule has 2 unspecified atom stereocenters. The maximum Gasteiger partial charge on any atom is 0.153 e. The Bertz CT molecular complexity index is 693. The zero-order valence-electron chi connectivity index (χ0n) is 12.6. The summed E-state index contributed by atoms with van der Waals surface area (Å²) >= 11 is 6.90. The molecule has 0 heterocycles. The lowest BCUT2D eigenvalue weighted by molar-refractivity contribution is 0.0448. The Morgan fingerprint density at radius 1 is 1.27 bits per heavy atom. The molecule has 1 fully saturated rings. The molecule has 0 radical (unpaired) electrons. The zero-order valence-corrected chi connectivity index (χ0v) is 13.4. The molecule has 22 heavy (non-hydrogen) atoms. The fraction of sp³-hybridized carbons (Fsp3) is 0.368. The van der Waals surface area contributed by atoms with Gasteiger partial charge in [-0.05, 0) is 37.0 Å². The van der Waals surface area contributed by atoms with Crippen molar-refractivity contribution in [3.8, 4) is 11.8 Å². The molecule has 0 amide bonds. The summed E-state index contributed by atoms with van der Waals surface area (Å²) in [6.45, 7) is 1.73. The molecule has 0 bridgehead atoms. The summed E-state index contributed by atoms with van der Waals surface area (Å²) in [7, 11) is 0. The number of benzene rings is 1. The Kier molecular flexibility index (Phi) is 3.80. The van der Waals surface area contributed by atoms with Crippen LogP contribution >= 0.6 is 11.6 Å². The van der Waals surface area contributed by atoms with Gasteiger partial charge in [-0.15, -0.1) is 17.5 Å². The topological polar surface area (TPSA) is 46.2 Å². The second-order valence-corrected chi connectivity index (χ2v) is 6.72. The average Bonchev–Trinajstić information content (AvgIpc) is 3.36. The van der Waals surface area contributed by atoms with E-state index in [2.05, 4.69) is 11.8 Å². The highest BCUT2D eigenvalue weighted by molar-refractivity contribution is 6.28. The van der Waals surface area contributed by atoms with Gasteiger partial charge in [-0.1, -0.05) is 42.3 Å². The van der Waals surface area contributed by atoms with Gasteiger partial charge in [0.1, 0.15) is 4.87 Å². The molecule has 1 saturated carbocycles. The first-order valence-corrected chi connectivity index (χ1v) is 7.96. The smallest absolute Gasteiger partial charge is 0.153 e. The average molecular weight is 314 g/mol. The van der Waals surface area contributed by atoms with Gasteiger partial charge in [-0.3, -0.25) is 0 Å². The molecular formula is C19H20ClNO. The van der Waals surface area contributed by atoms with E-state index in [4.69, 9.17) is 17.3 Å². The molecule has 3 rings (SSSR count). The molecule has 2 aliphatic rings. The number of hydrogen-bond acceptors (Lipinski definition) is 2. The van der Waals surface area contributed by atoms with Crippen molar-refractivity contribution in [2.75, 3.05) is 0 Å². The summed E-state index contributed by atoms with van der Waals surface area (Å²) < 4.78 is 0. The third-order valence-corrected chi connectivity index (χ3v) is 5.23. The fourth-order valence-corrected chi connectivity index (χ4v) is 3.58. The molecule has 2 aliphatic carbocycles. The van der Waals surface area contributed by atoms with Gasteiger partial charge < -0.3 is 10.8 Å². The summed E-state index contributed by atoms with van der Waals surface area (Å²) in [4.78, 5) is -1.07. The first kappa shape index (κ1) is 15.2. The fourth-order valence-electron chi connectivity index (χ4n) is 3.17. The minimum Gasteiger partial charge on any atom is -0.400 e. The lowest BCUT2D eigenvalue weighted by atomic mass is 9.73. The summed E-state index contributed by atoms with van der Waals surface area (Å²) in [6, 6.07) is 10.0. The predicted molar refractivity (Wildman–Crippen MR) is 91.0 cm³/mol. The van der Waals surface area contributed by atoms with E-state index in [1.54, 1.807) is 6.92 Å². The third kappa shape index (κ3) is 2.35. The van der Waals surface area contributed by atoms with E-state index in [1.807, 2.05) is 42.5 Å². The van der Waals surface area contributed by atoms with Gasteiger partial charge in [0.25, 0.3) is 0 Å². The summed E-state index contributed by atoms with van der Waals surface area (Å²) in [6.07, 6.45) is 6.15. The molecule has 3 N–H and O–H groups in total. The highest BCUT2D eigenvalue weighted by Gasteiger charge is 2.59. The molecule has 1 aromatic carbocycles. The molecule has 0 spiro atoms. The van der Waals surface area contributed by atoms with Crippen LogP contribution in [0.1, 0.15) is 31.7 Å². The van der Waals surface area contributed by atoms with Gasteiger partial charge in [-0.25, -0.2) is 0 Å². The van der Waals surface area contributed by atoms with E-state index in [0.717, 1.165) is 24.0 Å². The Balaban J connectivity index is 2.02. The van der Waals surface area contributed by atoms with Crippen molar-refractivity contribution in [2.45, 2.75) is 36.7 Å². The van der Waals surface area contributed by atoms with Crippen molar-refractivity contribution >= 4 is 17.2 Å². The van der Waals surface area contributed by atoms with E-state index < -0.39 is 10.5 Å². The number of nitrogens with two attached hydrogens (primary N) is 1. The molecule has 1 aromatic rings. The SMILES string of the molecule is CC#CC(O)(C1CC1)C1(Cl)CC(c2ccccc2)=CC=C1N. The summed E-state index contributed by atoms with van der Waals surface area (Å²) in [5, 5.41) is 11.2. The maximum absolute atomic E-state index is 11.2. The zero-order chi connectivity index (χ0) is 15.8. The molecular weight excluding hydrogens is 294 g/mol. The van der Waals surface area contributed by atoms with Gasteiger partial charge in [0.05, 0.1) is 0 Å². The molecule has 0 aliphatic heterocycles. The Hall–Kier alpha value is -1.69. The van der Waals surface area contributed by atoms with Crippen LogP contribution in [-0.4, -0.2) is 15.6 Å². The van der Waals surface area contributed by atoms with Crippen LogP contribution in [-0.2, 0) is 0 Å². The minimum atomic E-state index is -1.28. The number of hydrogen-bond donors (Lipinski definition) is 2. The van der Waals surface area contributed by atoms with Crippen LogP contribution < -0.4 is 5.73 Å². The predicted octanol–water partition coefficient (Wildman–Crippen LogP) is 3.46. The molecule has 0 aromatic heterocycles. The number of halogens is 1. The van der Waals surface area contributed by atoms with Crippen LogP contribution in [0.2, 0.25) is 0 Å². The van der Waals surface area contributed by atoms with Crippen molar-refractivity contribution < 1.29 is 5.11 Å². The number of allylic oxidation sites excluding steroid dienone is 3. The van der Waals surface area contributed by atoms with Crippen molar-refractivity contribution in [3.63, 3.8) is 0 Å². The largest absolute Gasteiger partial charge is 0.400 e. The minimum absolute atomic E-state index is 0.0968. The summed E-state index contributed by atoms with van der Waals surface area (Å²) in [5.41, 5.74) is 7.57. The molecule has 3 heteroatoms. The van der Waals surface area contributed by atoms with Crippen molar-refractivity contribution in [2.24, 2.45) is 11.7 Å². The second kappa shape index (κ2) is 5.50. The third-order valence-electron chi connectivity index (χ3n) is 4.59. The summed E-state index contributed by atoms with van der Waals surface area (Å²) in [5.74, 6) is 5.90. The Labute approximate surface area is 136 Å². The molecule has 114 valence electrons. The monoisotopic (exact) mass is 313 g/mol. The Morgan fingerprint density at radius 3 is 2.55 bits per heavy atom. The lowest BCUT2D eigenvalue weighted by Gasteiger charge is -2.42. The van der Waals surface area contributed by atoms with Crippen LogP contribution in [0.15, 0.2) is 48.2 Å². The van der Waals surface area contributed by atoms with Gasteiger partial charge in [0.15, 0.2) is 5.60 Å². The first-order chi connectivity index (χ1) is 10.5. The van der Waals surface area contributed by atoms with Crippen LogP contribution in [0, 0.1) is 17.8 Å². The number of alkyl halides is 1. The molecule has 2 nitrogen and oxygen atoms in total. The van der Waals surface area contributed by atoms with Crippen LogP contribution in [0.5, 0.6) is 0 Å². The molecule has 0 saturated heterocycles. The number of aliphatic hydroxyl groups is 1. The van der Waals surface area contributed by atoms with Gasteiger partial charge in [-0.2, -0.15) is 0 Å². The number of rotatable bonds is 3. The van der Waals surface area contributed by atoms with E-state index >= 15 is 0 Å². The molecule has 2 atom stereocenters. The normalized spacial score (nSPS) is 27.0. The van der Waals surface area contributed by atoms with Crippen LogP contribution in [0.4, 0.5) is 0 Å². The highest BCUT2D eigenvalue weighted by Crippen LogP contribution is 2.53.